The number of fused-ring (bicyclic) bond motifs is 3. The van der Waals surface area contributed by atoms with Crippen LogP contribution in [0, 0.1) is 6.07 Å². The van der Waals surface area contributed by atoms with E-state index in [1.165, 1.54) is 16.7 Å². The second-order valence-electron chi connectivity index (χ2n) is 16.0. The maximum absolute atomic E-state index is 6.36. The molecule has 0 aliphatic heterocycles. The molecule has 0 fully saturated rings. The first kappa shape index (κ1) is 35.3. The molecular weight excluding hydrogens is 798 g/mol. The van der Waals surface area contributed by atoms with Crippen LogP contribution in [0.3, 0.4) is 0 Å². The number of nitrogens with zero attached hydrogens (tertiary/aromatic N) is 5. The van der Waals surface area contributed by atoms with Gasteiger partial charge in [0.25, 0.3) is 0 Å². The molecule has 0 saturated heterocycles. The van der Waals surface area contributed by atoms with E-state index in [0.29, 0.717) is 23.0 Å². The van der Waals surface area contributed by atoms with Crippen molar-refractivity contribution in [2.45, 2.75) is 78.6 Å². The Labute approximate surface area is 309 Å². The van der Waals surface area contributed by atoms with Gasteiger partial charge in [0.1, 0.15) is 5.82 Å². The summed E-state index contributed by atoms with van der Waals surface area (Å²) in [6.07, 6.45) is 1.88. The fourth-order valence-corrected chi connectivity index (χ4v) is 6.11. The molecule has 256 valence electrons. The second-order valence-corrected chi connectivity index (χ2v) is 16.0. The SMILES string of the molecule is CC(C)(C)c1cc(-c2cc(-c3cccc(Oc4[c-]c5c(cc4)c4ccccc4n5-c4cc(C(C)(C)C)ccn4)n3)[n-]n2)cc(C(C)(C)C)c1.[Pt+2]. The molecule has 0 amide bonds. The van der Waals surface area contributed by atoms with E-state index in [-0.39, 0.29) is 37.3 Å². The van der Waals surface area contributed by atoms with Crippen molar-refractivity contribution in [1.29, 1.82) is 0 Å². The summed E-state index contributed by atoms with van der Waals surface area (Å²) in [6.45, 7) is 20.1. The third-order valence-electron chi connectivity index (χ3n) is 9.10. The molecule has 50 heavy (non-hydrogen) atoms. The molecule has 7 heteroatoms. The number of para-hydroxylation sites is 1. The van der Waals surface area contributed by atoms with Gasteiger partial charge in [0.05, 0.1) is 5.69 Å². The minimum Gasteiger partial charge on any atom is -0.573 e. The van der Waals surface area contributed by atoms with Gasteiger partial charge in [0, 0.05) is 29.2 Å². The molecule has 0 unspecified atom stereocenters. The van der Waals surface area contributed by atoms with E-state index in [2.05, 4.69) is 144 Å². The third kappa shape index (κ3) is 6.91. The summed E-state index contributed by atoms with van der Waals surface area (Å²) in [5.74, 6) is 1.87. The van der Waals surface area contributed by atoms with Crippen LogP contribution >= 0.6 is 0 Å². The van der Waals surface area contributed by atoms with E-state index in [4.69, 9.17) is 14.7 Å². The zero-order valence-electron chi connectivity index (χ0n) is 30.2. The Kier molecular flexibility index (Phi) is 9.15. The molecule has 0 aliphatic carbocycles. The summed E-state index contributed by atoms with van der Waals surface area (Å²) >= 11 is 0. The van der Waals surface area contributed by atoms with Gasteiger partial charge in [-0.1, -0.05) is 104 Å². The number of ether oxygens (including phenoxy) is 1. The van der Waals surface area contributed by atoms with Crippen molar-refractivity contribution >= 4 is 21.8 Å². The summed E-state index contributed by atoms with van der Waals surface area (Å²) in [7, 11) is 0. The van der Waals surface area contributed by atoms with E-state index in [1.54, 1.807) is 0 Å². The maximum atomic E-state index is 6.36. The molecule has 4 heterocycles. The van der Waals surface area contributed by atoms with Gasteiger partial charge < -0.3 is 19.5 Å². The number of benzene rings is 3. The molecule has 0 radical (unpaired) electrons. The minimum absolute atomic E-state index is 0. The van der Waals surface area contributed by atoms with Crippen LogP contribution < -0.4 is 9.84 Å². The summed E-state index contributed by atoms with van der Waals surface area (Å²) in [5.41, 5.74) is 9.01. The van der Waals surface area contributed by atoms with Crippen molar-refractivity contribution < 1.29 is 25.8 Å². The van der Waals surface area contributed by atoms with Gasteiger partial charge in [-0.2, -0.15) is 6.07 Å². The van der Waals surface area contributed by atoms with Crippen molar-refractivity contribution in [2.24, 2.45) is 0 Å². The summed E-state index contributed by atoms with van der Waals surface area (Å²) in [6, 6.07) is 34.7. The summed E-state index contributed by atoms with van der Waals surface area (Å²) in [5, 5.41) is 11.4. The van der Waals surface area contributed by atoms with Crippen LogP contribution in [0.1, 0.15) is 79.0 Å². The Morgan fingerprint density at radius 3 is 2.06 bits per heavy atom. The van der Waals surface area contributed by atoms with Gasteiger partial charge in [-0.05, 0) is 86.3 Å². The topological polar surface area (TPSA) is 66.9 Å². The summed E-state index contributed by atoms with van der Waals surface area (Å²) < 4.78 is 8.53. The number of pyridine rings is 2. The fourth-order valence-electron chi connectivity index (χ4n) is 6.11. The number of hydrogen-bond donors (Lipinski definition) is 0. The van der Waals surface area contributed by atoms with E-state index >= 15 is 0 Å². The normalized spacial score (nSPS) is 12.3. The summed E-state index contributed by atoms with van der Waals surface area (Å²) in [4.78, 5) is 9.63. The Morgan fingerprint density at radius 2 is 1.36 bits per heavy atom. The van der Waals surface area contributed by atoms with Gasteiger partial charge in [0.15, 0.2) is 0 Å². The van der Waals surface area contributed by atoms with Crippen LogP contribution in [0.4, 0.5) is 0 Å². The predicted molar refractivity (Wildman–Crippen MR) is 200 cm³/mol. The Bertz CT molecular complexity index is 2300. The van der Waals surface area contributed by atoms with Crippen LogP contribution in [0.2, 0.25) is 0 Å². The second kappa shape index (κ2) is 13.0. The quantitative estimate of drug-likeness (QED) is 0.162. The van der Waals surface area contributed by atoms with Gasteiger partial charge in [-0.25, -0.2) is 9.97 Å². The molecule has 7 aromatic rings. The first-order chi connectivity index (χ1) is 23.1. The Balaban J connectivity index is 0.00000432. The third-order valence-corrected chi connectivity index (χ3v) is 9.10. The molecule has 0 spiro atoms. The van der Waals surface area contributed by atoms with Gasteiger partial charge in [-0.15, -0.1) is 17.5 Å². The molecular formula is C43H43N5OPt. The Hall–Kier alpha value is -4.54. The molecule has 0 aliphatic rings. The monoisotopic (exact) mass is 840 g/mol. The van der Waals surface area contributed by atoms with Gasteiger partial charge >= 0.3 is 21.1 Å². The number of rotatable bonds is 5. The van der Waals surface area contributed by atoms with Crippen LogP contribution in [-0.2, 0) is 37.3 Å². The first-order valence-corrected chi connectivity index (χ1v) is 16.9. The maximum Gasteiger partial charge on any atom is 2.00 e. The number of aromatic nitrogens is 5. The fraction of sp³-hybridized carbons (Fsp3) is 0.279. The van der Waals surface area contributed by atoms with Crippen molar-refractivity contribution in [1.82, 2.24) is 24.7 Å². The number of hydrogen-bond acceptors (Lipinski definition) is 4. The van der Waals surface area contributed by atoms with Crippen molar-refractivity contribution in [3.05, 3.63) is 120 Å². The van der Waals surface area contributed by atoms with Gasteiger partial charge in [0.2, 0.25) is 5.88 Å². The van der Waals surface area contributed by atoms with Crippen LogP contribution in [0.15, 0.2) is 97.2 Å². The largest absolute Gasteiger partial charge is 2.00 e. The predicted octanol–water partition coefficient (Wildman–Crippen LogP) is 10.7. The van der Waals surface area contributed by atoms with Crippen molar-refractivity contribution in [3.63, 3.8) is 0 Å². The zero-order valence-corrected chi connectivity index (χ0v) is 32.5. The molecule has 0 saturated carbocycles. The van der Waals surface area contributed by atoms with Crippen LogP contribution in [0.5, 0.6) is 11.6 Å². The van der Waals surface area contributed by atoms with E-state index in [9.17, 15) is 0 Å². The average Bonchev–Trinajstić information content (AvgIpc) is 3.67. The standard InChI is InChI=1S/C43H43N5O.Pt/c1-41(2,3)28-19-20-44-39(24-28)48-37-15-11-10-13-32(37)33-18-17-31(25-38(33)48)49-40-16-12-14-34(45-40)36-26-35(46-47-36)27-21-29(42(4,5)6)23-30(22-27)43(7,8)9;/h10-24,26H,1-9H3;/q-2;+2. The Morgan fingerprint density at radius 1 is 0.660 bits per heavy atom. The minimum atomic E-state index is -0.0101. The van der Waals surface area contributed by atoms with Crippen LogP contribution in [-0.4, -0.2) is 19.6 Å². The van der Waals surface area contributed by atoms with Gasteiger partial charge in [-0.3, -0.25) is 0 Å². The van der Waals surface area contributed by atoms with E-state index in [0.717, 1.165) is 38.9 Å². The molecule has 7 rings (SSSR count). The molecule has 4 aromatic heterocycles. The zero-order chi connectivity index (χ0) is 34.7. The molecule has 6 nitrogen and oxygen atoms in total. The average molecular weight is 841 g/mol. The first-order valence-electron chi connectivity index (χ1n) is 16.9. The van der Waals surface area contributed by atoms with Crippen LogP contribution in [0.25, 0.3) is 50.3 Å². The smallest absolute Gasteiger partial charge is 0.573 e. The molecule has 0 atom stereocenters. The van der Waals surface area contributed by atoms with Crippen molar-refractivity contribution in [3.8, 4) is 40.1 Å². The molecule has 0 bridgehead atoms. The van der Waals surface area contributed by atoms with E-state index < -0.39 is 0 Å². The van der Waals surface area contributed by atoms with Crippen molar-refractivity contribution in [2.75, 3.05) is 0 Å². The molecule has 3 aromatic carbocycles. The molecule has 0 N–H and O–H groups in total. The van der Waals surface area contributed by atoms with E-state index in [1.807, 2.05) is 36.5 Å².